The number of hydrogen-bond donors (Lipinski definition) is 4. The summed E-state index contributed by atoms with van der Waals surface area (Å²) in [6, 6.07) is 11.0. The number of nitrogens with one attached hydrogen (secondary N) is 2. The number of anilines is 3. The van der Waals surface area contributed by atoms with Crippen LogP contribution in [0.3, 0.4) is 0 Å². The van der Waals surface area contributed by atoms with Gasteiger partial charge in [-0.15, -0.1) is 0 Å². The molecule has 1 unspecified atom stereocenters. The molecule has 0 bridgehead atoms. The van der Waals surface area contributed by atoms with Gasteiger partial charge in [0.05, 0.1) is 5.69 Å². The number of fused-ring (bicyclic) bond motifs is 1. The van der Waals surface area contributed by atoms with Crippen molar-refractivity contribution in [1.82, 2.24) is 10.3 Å². The molecule has 4 rings (SSSR count). The Morgan fingerprint density at radius 1 is 1.12 bits per heavy atom. The fourth-order valence-corrected chi connectivity index (χ4v) is 3.38. The van der Waals surface area contributed by atoms with E-state index < -0.39 is 17.7 Å². The summed E-state index contributed by atoms with van der Waals surface area (Å²) < 4.78 is 32.7. The monoisotopic (exact) mass is 446 g/mol. The van der Waals surface area contributed by atoms with Crippen LogP contribution in [-0.4, -0.2) is 10.9 Å². The number of nitrogen functional groups attached to an aromatic ring is 2. The van der Waals surface area contributed by atoms with Crippen LogP contribution in [0, 0.1) is 34.4 Å². The summed E-state index contributed by atoms with van der Waals surface area (Å²) in [6.45, 7) is -0.158. The molecule has 164 valence electrons. The Balaban J connectivity index is 1.65. The average Bonchev–Trinajstić information content (AvgIpc) is 2.80. The highest BCUT2D eigenvalue weighted by molar-refractivity contribution is 5.98. The van der Waals surface area contributed by atoms with Gasteiger partial charge < -0.3 is 21.5 Å². The molecule has 1 aromatic heterocycles. The Morgan fingerprint density at radius 3 is 2.58 bits per heavy atom. The number of hydrogen-bond acceptors (Lipinski definition) is 9. The first-order chi connectivity index (χ1) is 15.9. The van der Waals surface area contributed by atoms with Crippen LogP contribution in [0.15, 0.2) is 47.5 Å². The van der Waals surface area contributed by atoms with Crippen LogP contribution in [0.1, 0.15) is 28.3 Å². The summed E-state index contributed by atoms with van der Waals surface area (Å²) in [6.07, 6.45) is 1.78. The predicted octanol–water partition coefficient (Wildman–Crippen LogP) is 2.92. The normalized spacial score (nSPS) is 14.2. The molecule has 0 radical (unpaired) electrons. The SMILES string of the molecule is N#CNC1=NC(c2ccc(OCc3cc(F)ccc3F)cc2)c2c(nc(N)c(C#N)c2N)N1. The third-order valence-corrected chi connectivity index (χ3v) is 4.96. The number of nitriles is 2. The van der Waals surface area contributed by atoms with Crippen molar-refractivity contribution in [2.75, 3.05) is 16.8 Å². The molecule has 0 spiro atoms. The minimum Gasteiger partial charge on any atom is -0.489 e. The molecule has 1 atom stereocenters. The maximum absolute atomic E-state index is 13.8. The van der Waals surface area contributed by atoms with Crippen LogP contribution >= 0.6 is 0 Å². The quantitative estimate of drug-likeness (QED) is 0.352. The average molecular weight is 446 g/mol. The van der Waals surface area contributed by atoms with Crippen molar-refractivity contribution < 1.29 is 13.5 Å². The molecule has 3 aromatic rings. The molecule has 1 aliphatic rings. The topological polar surface area (TPSA) is 158 Å². The Hall–Kier alpha value is -4.90. The molecule has 0 fully saturated rings. The van der Waals surface area contributed by atoms with Gasteiger partial charge in [0.2, 0.25) is 5.96 Å². The van der Waals surface area contributed by atoms with Crippen molar-refractivity contribution in [2.24, 2.45) is 4.99 Å². The molecule has 0 saturated carbocycles. The van der Waals surface area contributed by atoms with Crippen molar-refractivity contribution in [3.63, 3.8) is 0 Å². The van der Waals surface area contributed by atoms with Crippen LogP contribution in [0.5, 0.6) is 5.75 Å². The van der Waals surface area contributed by atoms with Gasteiger partial charge in [-0.05, 0) is 35.9 Å². The van der Waals surface area contributed by atoms with Crippen molar-refractivity contribution in [3.8, 4) is 18.0 Å². The second-order valence-corrected chi connectivity index (χ2v) is 7.00. The fraction of sp³-hybridized carbons (Fsp3) is 0.0909. The molecule has 0 amide bonds. The molecule has 1 aliphatic heterocycles. The van der Waals surface area contributed by atoms with Gasteiger partial charge in [0, 0.05) is 11.1 Å². The number of nitrogens with two attached hydrogens (primary N) is 2. The summed E-state index contributed by atoms with van der Waals surface area (Å²) in [7, 11) is 0. The van der Waals surface area contributed by atoms with Crippen molar-refractivity contribution in [2.45, 2.75) is 12.6 Å². The molecule has 33 heavy (non-hydrogen) atoms. The first-order valence-electron chi connectivity index (χ1n) is 9.56. The van der Waals surface area contributed by atoms with E-state index in [1.807, 2.05) is 6.07 Å². The maximum Gasteiger partial charge on any atom is 0.211 e. The molecule has 0 saturated heterocycles. The summed E-state index contributed by atoms with van der Waals surface area (Å²) in [5.74, 6) is -0.361. The number of rotatable bonds is 4. The van der Waals surface area contributed by atoms with E-state index in [4.69, 9.17) is 21.5 Å². The van der Waals surface area contributed by atoms with Gasteiger partial charge in [-0.3, -0.25) is 5.32 Å². The van der Waals surface area contributed by atoms with E-state index in [1.54, 1.807) is 30.5 Å². The highest BCUT2D eigenvalue weighted by Crippen LogP contribution is 2.40. The number of pyridine rings is 1. The van der Waals surface area contributed by atoms with Gasteiger partial charge in [0.15, 0.2) is 6.19 Å². The van der Waals surface area contributed by atoms with E-state index in [0.29, 0.717) is 16.9 Å². The summed E-state index contributed by atoms with van der Waals surface area (Å²) in [4.78, 5) is 8.66. The minimum absolute atomic E-state index is 0.0320. The molecule has 6 N–H and O–H groups in total. The molecular formula is C22H16F2N8O. The predicted molar refractivity (Wildman–Crippen MR) is 117 cm³/mol. The molecule has 9 nitrogen and oxygen atoms in total. The minimum atomic E-state index is -0.702. The van der Waals surface area contributed by atoms with E-state index in [0.717, 1.165) is 18.2 Å². The maximum atomic E-state index is 13.8. The number of aliphatic imine (C=N–C) groups is 1. The van der Waals surface area contributed by atoms with Crippen molar-refractivity contribution in [1.29, 1.82) is 10.5 Å². The lowest BCUT2D eigenvalue weighted by molar-refractivity contribution is 0.299. The van der Waals surface area contributed by atoms with Gasteiger partial charge in [0.25, 0.3) is 0 Å². The van der Waals surface area contributed by atoms with E-state index in [9.17, 15) is 14.0 Å². The summed E-state index contributed by atoms with van der Waals surface area (Å²) >= 11 is 0. The summed E-state index contributed by atoms with van der Waals surface area (Å²) in [5.41, 5.74) is 13.4. The lowest BCUT2D eigenvalue weighted by Crippen LogP contribution is -2.32. The zero-order valence-electron chi connectivity index (χ0n) is 16.9. The number of halogens is 2. The second-order valence-electron chi connectivity index (χ2n) is 7.00. The third-order valence-electron chi connectivity index (χ3n) is 4.96. The first kappa shape index (κ1) is 21.3. The molecule has 2 heterocycles. The van der Waals surface area contributed by atoms with Gasteiger partial charge >= 0.3 is 0 Å². The van der Waals surface area contributed by atoms with Crippen LogP contribution in [-0.2, 0) is 6.61 Å². The smallest absolute Gasteiger partial charge is 0.211 e. The molecule has 11 heteroatoms. The van der Waals surface area contributed by atoms with E-state index in [-0.39, 0.29) is 41.0 Å². The number of benzene rings is 2. The zero-order valence-corrected chi connectivity index (χ0v) is 16.9. The summed E-state index contributed by atoms with van der Waals surface area (Å²) in [5, 5.41) is 23.6. The van der Waals surface area contributed by atoms with E-state index in [1.165, 1.54) is 0 Å². The van der Waals surface area contributed by atoms with Gasteiger partial charge in [0.1, 0.15) is 53.3 Å². The van der Waals surface area contributed by atoms with Crippen LogP contribution in [0.25, 0.3) is 0 Å². The lowest BCUT2D eigenvalue weighted by Gasteiger charge is -2.26. The number of guanidine groups is 1. The lowest BCUT2D eigenvalue weighted by atomic mass is 9.95. The highest BCUT2D eigenvalue weighted by Gasteiger charge is 2.29. The molecule has 2 aromatic carbocycles. The third kappa shape index (κ3) is 4.16. The number of nitrogens with zero attached hydrogens (tertiary/aromatic N) is 4. The Morgan fingerprint density at radius 2 is 1.88 bits per heavy atom. The first-order valence-corrected chi connectivity index (χ1v) is 9.56. The highest BCUT2D eigenvalue weighted by atomic mass is 19.1. The number of aromatic nitrogens is 1. The van der Waals surface area contributed by atoms with E-state index in [2.05, 4.69) is 20.6 Å². The fourth-order valence-electron chi connectivity index (χ4n) is 3.38. The van der Waals surface area contributed by atoms with Gasteiger partial charge in [-0.2, -0.15) is 10.5 Å². The zero-order chi connectivity index (χ0) is 23.5. The van der Waals surface area contributed by atoms with Crippen molar-refractivity contribution >= 4 is 23.3 Å². The molecular weight excluding hydrogens is 430 g/mol. The van der Waals surface area contributed by atoms with E-state index >= 15 is 0 Å². The van der Waals surface area contributed by atoms with Gasteiger partial charge in [-0.25, -0.2) is 18.8 Å². The van der Waals surface area contributed by atoms with Crippen LogP contribution in [0.4, 0.5) is 26.1 Å². The Bertz CT molecular complexity index is 1340. The molecule has 0 aliphatic carbocycles. The van der Waals surface area contributed by atoms with Gasteiger partial charge in [-0.1, -0.05) is 12.1 Å². The largest absolute Gasteiger partial charge is 0.489 e. The number of ether oxygens (including phenoxy) is 1. The second kappa shape index (κ2) is 8.69. The Kier molecular flexibility index (Phi) is 5.62. The Labute approximate surface area is 186 Å². The standard InChI is InChI=1S/C22H16F2N8O/c23-13-3-6-16(24)12(7-13)9-33-14-4-1-11(2-5-14)19-17-18(27)15(8-25)20(28)31-21(17)32-22(30-19)29-10-26/h1-7,19H,9H2,(H6,27,28,29,30,31,32). The van der Waals surface area contributed by atoms with Crippen LogP contribution in [0.2, 0.25) is 0 Å². The van der Waals surface area contributed by atoms with Crippen molar-refractivity contribution in [3.05, 3.63) is 76.4 Å². The van der Waals surface area contributed by atoms with Crippen LogP contribution < -0.4 is 26.8 Å².